The van der Waals surface area contributed by atoms with E-state index < -0.39 is 5.97 Å². The number of rotatable bonds is 4. The minimum Gasteiger partial charge on any atom is -0.497 e. The second-order valence-electron chi connectivity index (χ2n) is 6.01. The first-order valence-electron chi connectivity index (χ1n) is 8.46. The highest BCUT2D eigenvalue weighted by Crippen LogP contribution is 2.36. The quantitative estimate of drug-likeness (QED) is 0.545. The Morgan fingerprint density at radius 1 is 1.00 bits per heavy atom. The minimum atomic E-state index is -0.585. The van der Waals surface area contributed by atoms with Crippen molar-refractivity contribution >= 4 is 34.0 Å². The van der Waals surface area contributed by atoms with Crippen LogP contribution in [0.2, 0.25) is 0 Å². The van der Waals surface area contributed by atoms with E-state index in [9.17, 15) is 4.79 Å². The highest BCUT2D eigenvalue weighted by atomic mass is 16.5. The van der Waals surface area contributed by atoms with Crippen LogP contribution in [0, 0.1) is 0 Å². The van der Waals surface area contributed by atoms with E-state index in [1.54, 1.807) is 37.0 Å². The number of carbonyl (C=O) groups is 1. The average molecular weight is 378 g/mol. The van der Waals surface area contributed by atoms with E-state index >= 15 is 0 Å². The van der Waals surface area contributed by atoms with Crippen LogP contribution in [-0.4, -0.2) is 41.8 Å². The molecule has 0 radical (unpaired) electrons. The number of aromatic nitrogens is 3. The van der Waals surface area contributed by atoms with Crippen LogP contribution < -0.4 is 15.2 Å². The van der Waals surface area contributed by atoms with Gasteiger partial charge in [0, 0.05) is 6.07 Å². The number of nitrogen functional groups attached to an aromatic ring is 1. The summed E-state index contributed by atoms with van der Waals surface area (Å²) in [6, 6.07) is 12.7. The lowest BCUT2D eigenvalue weighted by Gasteiger charge is -2.13. The summed E-state index contributed by atoms with van der Waals surface area (Å²) in [4.78, 5) is 21.8. The van der Waals surface area contributed by atoms with Gasteiger partial charge in [-0.3, -0.25) is 4.57 Å². The first-order chi connectivity index (χ1) is 13.6. The van der Waals surface area contributed by atoms with Crippen LogP contribution in [0.3, 0.4) is 0 Å². The van der Waals surface area contributed by atoms with E-state index in [0.717, 1.165) is 0 Å². The lowest BCUT2D eigenvalue weighted by Crippen LogP contribution is -2.08. The Hall–Kier alpha value is -3.81. The zero-order chi connectivity index (χ0) is 19.8. The van der Waals surface area contributed by atoms with Gasteiger partial charge in [-0.1, -0.05) is 12.1 Å². The zero-order valence-corrected chi connectivity index (χ0v) is 15.6. The van der Waals surface area contributed by atoms with Gasteiger partial charge in [-0.25, -0.2) is 14.8 Å². The molecule has 8 nitrogen and oxygen atoms in total. The molecule has 0 unspecified atom stereocenters. The van der Waals surface area contributed by atoms with Crippen LogP contribution in [-0.2, 0) is 4.74 Å². The predicted octanol–water partition coefficient (Wildman–Crippen LogP) is 2.96. The number of ether oxygens (including phenoxy) is 3. The summed E-state index contributed by atoms with van der Waals surface area (Å²) in [7, 11) is 4.41. The highest BCUT2D eigenvalue weighted by Gasteiger charge is 2.26. The molecule has 2 N–H and O–H groups in total. The number of nitrogens with zero attached hydrogens (tertiary/aromatic N) is 3. The molecule has 0 aliphatic carbocycles. The number of methoxy groups -OCH3 is 3. The molecule has 2 aromatic heterocycles. The van der Waals surface area contributed by atoms with Crippen molar-refractivity contribution in [1.82, 2.24) is 14.5 Å². The Bertz CT molecular complexity index is 1220. The first kappa shape index (κ1) is 17.6. The molecule has 2 heterocycles. The van der Waals surface area contributed by atoms with E-state index in [4.69, 9.17) is 24.9 Å². The second-order valence-corrected chi connectivity index (χ2v) is 6.01. The topological polar surface area (TPSA) is 101 Å². The van der Waals surface area contributed by atoms with Gasteiger partial charge in [0.1, 0.15) is 28.4 Å². The second kappa shape index (κ2) is 6.73. The summed E-state index contributed by atoms with van der Waals surface area (Å²) in [6.45, 7) is 0. The van der Waals surface area contributed by atoms with Crippen LogP contribution >= 0.6 is 0 Å². The molecule has 0 spiro atoms. The number of hydrogen-bond donors (Lipinski definition) is 1. The Labute approximate surface area is 160 Å². The average Bonchev–Trinajstić information content (AvgIpc) is 3.01. The molecule has 0 aliphatic rings. The van der Waals surface area contributed by atoms with Crippen molar-refractivity contribution in [1.29, 1.82) is 0 Å². The minimum absolute atomic E-state index is 0.161. The summed E-state index contributed by atoms with van der Waals surface area (Å²) in [6.07, 6.45) is 0. The molecule has 0 saturated carbocycles. The maximum absolute atomic E-state index is 12.4. The molecule has 8 heteroatoms. The van der Waals surface area contributed by atoms with Crippen LogP contribution in [0.15, 0.2) is 42.5 Å². The van der Waals surface area contributed by atoms with Crippen molar-refractivity contribution in [3.05, 3.63) is 48.0 Å². The van der Waals surface area contributed by atoms with Crippen LogP contribution in [0.1, 0.15) is 10.4 Å². The van der Waals surface area contributed by atoms with Gasteiger partial charge in [0.25, 0.3) is 0 Å². The molecule has 0 aliphatic heterocycles. The molecular weight excluding hydrogens is 360 g/mol. The molecule has 0 atom stereocenters. The van der Waals surface area contributed by atoms with Crippen molar-refractivity contribution in [2.45, 2.75) is 0 Å². The number of fused-ring (bicyclic) bond motifs is 2. The van der Waals surface area contributed by atoms with Gasteiger partial charge in [0.15, 0.2) is 5.65 Å². The number of benzene rings is 2. The standard InChI is InChI=1S/C20H18N4O4/c1-26-11-8-9-14(15(10-11)27-2)24-18(21)16(20(25)28-3)17-19(24)23-13-7-5-4-6-12(13)22-17/h4-10H,21H2,1-3H3. The molecule has 28 heavy (non-hydrogen) atoms. The van der Waals surface area contributed by atoms with Crippen molar-refractivity contribution < 1.29 is 19.0 Å². The third-order valence-corrected chi connectivity index (χ3v) is 4.52. The van der Waals surface area contributed by atoms with Crippen molar-refractivity contribution in [2.24, 2.45) is 0 Å². The molecule has 0 fully saturated rings. The van der Waals surface area contributed by atoms with Gasteiger partial charge in [-0.2, -0.15) is 0 Å². The highest BCUT2D eigenvalue weighted by molar-refractivity contribution is 6.09. The van der Waals surface area contributed by atoms with Gasteiger partial charge in [-0.15, -0.1) is 0 Å². The van der Waals surface area contributed by atoms with E-state index in [2.05, 4.69) is 4.98 Å². The third kappa shape index (κ3) is 2.58. The molecule has 4 aromatic rings. The van der Waals surface area contributed by atoms with Crippen LogP contribution in [0.4, 0.5) is 5.82 Å². The van der Waals surface area contributed by atoms with Gasteiger partial charge in [0.05, 0.1) is 38.1 Å². The molecule has 2 aromatic carbocycles. The Morgan fingerprint density at radius 3 is 2.36 bits per heavy atom. The predicted molar refractivity (Wildman–Crippen MR) is 105 cm³/mol. The SMILES string of the molecule is COC(=O)c1c(N)n(-c2ccc(OC)cc2OC)c2nc3ccccc3nc12. The summed E-state index contributed by atoms with van der Waals surface area (Å²) < 4.78 is 17.3. The fourth-order valence-electron chi connectivity index (χ4n) is 3.18. The van der Waals surface area contributed by atoms with Crippen LogP contribution in [0.25, 0.3) is 27.9 Å². The van der Waals surface area contributed by atoms with Crippen LogP contribution in [0.5, 0.6) is 11.5 Å². The van der Waals surface area contributed by atoms with E-state index in [1.807, 2.05) is 24.3 Å². The van der Waals surface area contributed by atoms with Gasteiger partial charge in [0.2, 0.25) is 0 Å². The Balaban J connectivity index is 2.12. The summed E-state index contributed by atoms with van der Waals surface area (Å²) in [5.74, 6) is 0.716. The smallest absolute Gasteiger partial charge is 0.343 e. The van der Waals surface area contributed by atoms with E-state index in [1.165, 1.54) is 7.11 Å². The first-order valence-corrected chi connectivity index (χ1v) is 8.46. The van der Waals surface area contributed by atoms with Crippen molar-refractivity contribution in [3.8, 4) is 17.2 Å². The number of hydrogen-bond acceptors (Lipinski definition) is 7. The van der Waals surface area contributed by atoms with Gasteiger partial charge >= 0.3 is 5.97 Å². The molecule has 0 bridgehead atoms. The van der Waals surface area contributed by atoms with Crippen molar-refractivity contribution in [2.75, 3.05) is 27.1 Å². The summed E-state index contributed by atoms with van der Waals surface area (Å²) in [5, 5.41) is 0. The Kier molecular flexibility index (Phi) is 4.23. The number of esters is 1. The van der Waals surface area contributed by atoms with E-state index in [-0.39, 0.29) is 11.4 Å². The largest absolute Gasteiger partial charge is 0.497 e. The van der Waals surface area contributed by atoms with Gasteiger partial charge in [-0.05, 0) is 24.3 Å². The Morgan fingerprint density at radius 2 is 1.71 bits per heavy atom. The lowest BCUT2D eigenvalue weighted by molar-refractivity contribution is 0.0604. The zero-order valence-electron chi connectivity index (χ0n) is 15.6. The van der Waals surface area contributed by atoms with Gasteiger partial charge < -0.3 is 19.9 Å². The normalized spacial score (nSPS) is 11.0. The third-order valence-electron chi connectivity index (χ3n) is 4.52. The van der Waals surface area contributed by atoms with E-state index in [0.29, 0.717) is 39.4 Å². The summed E-state index contributed by atoms with van der Waals surface area (Å²) >= 11 is 0. The fourth-order valence-corrected chi connectivity index (χ4v) is 3.18. The monoisotopic (exact) mass is 378 g/mol. The molecule has 0 amide bonds. The molecular formula is C20H18N4O4. The lowest BCUT2D eigenvalue weighted by atomic mass is 10.2. The number of para-hydroxylation sites is 2. The number of carbonyl (C=O) groups excluding carboxylic acids is 1. The molecule has 142 valence electrons. The number of anilines is 1. The maximum Gasteiger partial charge on any atom is 0.343 e. The summed E-state index contributed by atoms with van der Waals surface area (Å²) in [5.41, 5.74) is 9.26. The van der Waals surface area contributed by atoms with Crippen molar-refractivity contribution in [3.63, 3.8) is 0 Å². The number of nitrogens with two attached hydrogens (primary N) is 1. The fraction of sp³-hybridized carbons (Fsp3) is 0.150. The molecule has 4 rings (SSSR count). The maximum atomic E-state index is 12.4. The molecule has 0 saturated heterocycles.